The largest absolute Gasteiger partial charge is 0.444 e. The van der Waals surface area contributed by atoms with E-state index in [0.717, 1.165) is 4.47 Å². The number of benzene rings is 1. The molecule has 10 nitrogen and oxygen atoms in total. The Kier molecular flexibility index (Phi) is 8.52. The van der Waals surface area contributed by atoms with Gasteiger partial charge in [-0.15, -0.1) is 0 Å². The zero-order valence-electron chi connectivity index (χ0n) is 20.2. The van der Waals surface area contributed by atoms with Gasteiger partial charge in [0, 0.05) is 36.6 Å². The van der Waals surface area contributed by atoms with E-state index in [-0.39, 0.29) is 49.2 Å². The highest BCUT2D eigenvalue weighted by molar-refractivity contribution is 9.10. The van der Waals surface area contributed by atoms with Gasteiger partial charge in [0.25, 0.3) is 11.8 Å². The number of amides is 5. The number of carbonyl (C=O) groups is 5. The van der Waals surface area contributed by atoms with Crippen LogP contribution in [0.4, 0.5) is 4.79 Å². The number of rotatable bonds is 7. The van der Waals surface area contributed by atoms with Gasteiger partial charge in [-0.25, -0.2) is 4.79 Å². The molecule has 1 aromatic carbocycles. The smallest absolute Gasteiger partial charge is 0.408 e. The van der Waals surface area contributed by atoms with Gasteiger partial charge in [0.15, 0.2) is 0 Å². The highest BCUT2D eigenvalue weighted by Gasteiger charge is 2.35. The lowest BCUT2D eigenvalue weighted by Crippen LogP contribution is -2.49. The Labute approximate surface area is 212 Å². The fraction of sp³-hybridized carbons (Fsp3) is 0.542. The topological polar surface area (TPSA) is 125 Å². The Balaban J connectivity index is 1.34. The number of hydrogen-bond acceptors (Lipinski definition) is 6. The predicted molar refractivity (Wildman–Crippen MR) is 131 cm³/mol. The number of likely N-dealkylation sites (tertiary alicyclic amines) is 1. The third kappa shape index (κ3) is 7.27. The molecule has 0 unspecified atom stereocenters. The van der Waals surface area contributed by atoms with Gasteiger partial charge in [-0.05, 0) is 58.2 Å². The minimum atomic E-state index is -0.637. The van der Waals surface area contributed by atoms with Crippen LogP contribution >= 0.6 is 15.9 Å². The Morgan fingerprint density at radius 2 is 1.74 bits per heavy atom. The summed E-state index contributed by atoms with van der Waals surface area (Å²) in [5, 5.41) is 5.43. The van der Waals surface area contributed by atoms with E-state index < -0.39 is 11.7 Å². The van der Waals surface area contributed by atoms with Gasteiger partial charge >= 0.3 is 6.09 Å². The summed E-state index contributed by atoms with van der Waals surface area (Å²) >= 11 is 3.31. The Morgan fingerprint density at radius 1 is 1.09 bits per heavy atom. The summed E-state index contributed by atoms with van der Waals surface area (Å²) in [6.07, 6.45) is 1.14. The molecule has 0 atom stereocenters. The molecule has 2 aliphatic rings. The van der Waals surface area contributed by atoms with Crippen molar-refractivity contribution in [2.24, 2.45) is 0 Å². The summed E-state index contributed by atoms with van der Waals surface area (Å²) in [5.74, 6) is -1.03. The number of carbonyl (C=O) groups excluding carboxylic acids is 5. The predicted octanol–water partition coefficient (Wildman–Crippen LogP) is 2.46. The second-order valence-electron chi connectivity index (χ2n) is 9.63. The number of piperidine rings is 1. The molecule has 190 valence electrons. The Morgan fingerprint density at radius 3 is 2.40 bits per heavy atom. The second kappa shape index (κ2) is 11.2. The first kappa shape index (κ1) is 26.7. The molecule has 0 aliphatic carbocycles. The van der Waals surface area contributed by atoms with Crippen LogP contribution in [0.1, 0.15) is 67.2 Å². The molecule has 0 radical (unpaired) electrons. The summed E-state index contributed by atoms with van der Waals surface area (Å²) in [7, 11) is 0. The summed E-state index contributed by atoms with van der Waals surface area (Å²) < 4.78 is 5.85. The molecule has 2 N–H and O–H groups in total. The fourth-order valence-corrected chi connectivity index (χ4v) is 4.37. The van der Waals surface area contributed by atoms with Gasteiger partial charge in [0.1, 0.15) is 12.1 Å². The highest BCUT2D eigenvalue weighted by Crippen LogP contribution is 2.26. The first-order valence-corrected chi connectivity index (χ1v) is 12.4. The molecular formula is C24H31BrN4O6. The normalized spacial score (nSPS) is 16.2. The number of halogens is 1. The molecule has 1 aromatic rings. The number of nitrogens with zero attached hydrogens (tertiary/aromatic N) is 2. The van der Waals surface area contributed by atoms with Gasteiger partial charge in [-0.2, -0.15) is 0 Å². The SMILES string of the molecule is CC(C)(C)OC(=O)NCC(=O)N1CCC(NC(=O)CCCN2C(=O)c3ccc(Br)cc3C2=O)CC1. The number of alkyl carbamates (subject to hydrolysis) is 1. The summed E-state index contributed by atoms with van der Waals surface area (Å²) in [4.78, 5) is 64.2. The molecule has 1 saturated heterocycles. The quantitative estimate of drug-likeness (QED) is 0.502. The molecule has 0 saturated carbocycles. The molecule has 0 bridgehead atoms. The van der Waals surface area contributed by atoms with Crippen LogP contribution in [0.3, 0.4) is 0 Å². The van der Waals surface area contributed by atoms with E-state index in [1.54, 1.807) is 43.9 Å². The van der Waals surface area contributed by atoms with Crippen molar-refractivity contribution in [3.05, 3.63) is 33.8 Å². The van der Waals surface area contributed by atoms with Crippen LogP contribution in [0.25, 0.3) is 0 Å². The molecule has 3 rings (SSSR count). The third-order valence-corrected chi connectivity index (χ3v) is 6.21. The number of fused-ring (bicyclic) bond motifs is 1. The lowest BCUT2D eigenvalue weighted by molar-refractivity contribution is -0.131. The third-order valence-electron chi connectivity index (χ3n) is 5.71. The van der Waals surface area contributed by atoms with Crippen molar-refractivity contribution < 1.29 is 28.7 Å². The average molecular weight is 551 g/mol. The molecule has 11 heteroatoms. The van der Waals surface area contributed by atoms with Crippen molar-refractivity contribution in [3.63, 3.8) is 0 Å². The minimum Gasteiger partial charge on any atom is -0.444 e. The zero-order chi connectivity index (χ0) is 25.8. The first-order chi connectivity index (χ1) is 16.4. The van der Waals surface area contributed by atoms with Crippen molar-refractivity contribution in [2.75, 3.05) is 26.2 Å². The lowest BCUT2D eigenvalue weighted by Gasteiger charge is -2.32. The number of ether oxygens (including phenoxy) is 1. The van der Waals surface area contributed by atoms with Crippen molar-refractivity contribution in [1.82, 2.24) is 20.4 Å². The van der Waals surface area contributed by atoms with E-state index in [1.807, 2.05) is 0 Å². The van der Waals surface area contributed by atoms with Gasteiger partial charge in [0.2, 0.25) is 11.8 Å². The molecule has 0 aromatic heterocycles. The highest BCUT2D eigenvalue weighted by atomic mass is 79.9. The van der Waals surface area contributed by atoms with Crippen LogP contribution < -0.4 is 10.6 Å². The number of hydrogen-bond donors (Lipinski definition) is 2. The Bertz CT molecular complexity index is 1010. The number of nitrogens with one attached hydrogen (secondary N) is 2. The molecule has 2 aliphatic heterocycles. The van der Waals surface area contributed by atoms with Crippen LogP contribution in [-0.2, 0) is 14.3 Å². The summed E-state index contributed by atoms with van der Waals surface area (Å²) in [5.41, 5.74) is 0.118. The zero-order valence-corrected chi connectivity index (χ0v) is 21.8. The number of imide groups is 1. The van der Waals surface area contributed by atoms with E-state index in [9.17, 15) is 24.0 Å². The molecule has 35 heavy (non-hydrogen) atoms. The van der Waals surface area contributed by atoms with Crippen molar-refractivity contribution in [3.8, 4) is 0 Å². The summed E-state index contributed by atoms with van der Waals surface area (Å²) in [6, 6.07) is 4.92. The van der Waals surface area contributed by atoms with Crippen molar-refractivity contribution in [2.45, 2.75) is 58.1 Å². The summed E-state index contributed by atoms with van der Waals surface area (Å²) in [6.45, 7) is 6.23. The maximum absolute atomic E-state index is 12.5. The molecule has 1 fully saturated rings. The fourth-order valence-electron chi connectivity index (χ4n) is 4.01. The van der Waals surface area contributed by atoms with Crippen LogP contribution in [0.5, 0.6) is 0 Å². The van der Waals surface area contributed by atoms with Crippen LogP contribution in [0, 0.1) is 0 Å². The van der Waals surface area contributed by atoms with Crippen molar-refractivity contribution in [1.29, 1.82) is 0 Å². The van der Waals surface area contributed by atoms with Crippen LogP contribution in [0.2, 0.25) is 0 Å². The second-order valence-corrected chi connectivity index (χ2v) is 10.5. The van der Waals surface area contributed by atoms with Gasteiger partial charge < -0.3 is 20.3 Å². The molecular weight excluding hydrogens is 520 g/mol. The average Bonchev–Trinajstić information content (AvgIpc) is 3.01. The van der Waals surface area contributed by atoms with Crippen LogP contribution in [0.15, 0.2) is 22.7 Å². The van der Waals surface area contributed by atoms with Gasteiger partial charge in [-0.1, -0.05) is 15.9 Å². The maximum atomic E-state index is 12.5. The minimum absolute atomic E-state index is 0.0537. The van der Waals surface area contributed by atoms with E-state index in [2.05, 4.69) is 26.6 Å². The lowest BCUT2D eigenvalue weighted by atomic mass is 10.0. The molecule has 5 amide bonds. The van der Waals surface area contributed by atoms with E-state index in [1.165, 1.54) is 4.90 Å². The first-order valence-electron chi connectivity index (χ1n) is 11.6. The van der Waals surface area contributed by atoms with Gasteiger partial charge in [-0.3, -0.25) is 24.1 Å². The maximum Gasteiger partial charge on any atom is 0.408 e. The van der Waals surface area contributed by atoms with E-state index >= 15 is 0 Å². The Hall–Kier alpha value is -2.95. The van der Waals surface area contributed by atoms with Crippen LogP contribution in [-0.4, -0.2) is 77.3 Å². The van der Waals surface area contributed by atoms with Crippen molar-refractivity contribution >= 4 is 45.7 Å². The monoisotopic (exact) mass is 550 g/mol. The standard InChI is InChI=1S/C24H31BrN4O6/c1-24(2,3)35-23(34)26-14-20(31)28-11-8-16(9-12-28)27-19(30)5-4-10-29-21(32)17-7-6-15(25)13-18(17)22(29)33/h6-7,13,16H,4-5,8-12,14H2,1-3H3,(H,26,34)(H,27,30). The molecule has 0 spiro atoms. The van der Waals surface area contributed by atoms with E-state index in [0.29, 0.717) is 43.5 Å². The van der Waals surface area contributed by atoms with Gasteiger partial charge in [0.05, 0.1) is 11.1 Å². The van der Waals surface area contributed by atoms with E-state index in [4.69, 9.17) is 4.74 Å². The molecule has 2 heterocycles.